The third-order valence-electron chi connectivity index (χ3n) is 4.03. The Morgan fingerprint density at radius 1 is 1.07 bits per heavy atom. The molecular formula is C23H17BrN2O3. The van der Waals surface area contributed by atoms with Gasteiger partial charge < -0.3 is 15.2 Å². The molecule has 2 N–H and O–H groups in total. The van der Waals surface area contributed by atoms with Crippen LogP contribution in [-0.4, -0.2) is 11.0 Å². The van der Waals surface area contributed by atoms with Crippen LogP contribution in [0, 0.1) is 11.3 Å². The molecule has 0 saturated heterocycles. The van der Waals surface area contributed by atoms with Gasteiger partial charge in [-0.15, -0.1) is 0 Å². The number of anilines is 1. The smallest absolute Gasteiger partial charge is 0.266 e. The summed E-state index contributed by atoms with van der Waals surface area (Å²) in [7, 11) is 0. The molecule has 3 rings (SSSR count). The fourth-order valence-corrected chi connectivity index (χ4v) is 2.89. The standard InChI is InChI=1S/C23H17BrN2O3/c24-22-4-2-1-3-17(22)15-29-21-11-5-16(6-12-21)13-18(14-25)23(28)26-19-7-9-20(27)10-8-19/h1-13,27H,15H2,(H,26,28)/b18-13+. The fraction of sp³-hybridized carbons (Fsp3) is 0.0435. The topological polar surface area (TPSA) is 82.3 Å². The van der Waals surface area contributed by atoms with Crippen LogP contribution in [0.1, 0.15) is 11.1 Å². The molecule has 0 aliphatic rings. The van der Waals surface area contributed by atoms with E-state index in [4.69, 9.17) is 4.74 Å². The van der Waals surface area contributed by atoms with Gasteiger partial charge in [-0.2, -0.15) is 5.26 Å². The number of nitrogens with one attached hydrogen (secondary N) is 1. The Hall–Kier alpha value is -3.56. The van der Waals surface area contributed by atoms with Gasteiger partial charge in [-0.05, 0) is 54.1 Å². The molecule has 0 aromatic heterocycles. The van der Waals surface area contributed by atoms with Crippen molar-refractivity contribution >= 4 is 33.6 Å². The van der Waals surface area contributed by atoms with Crippen molar-refractivity contribution in [1.29, 1.82) is 5.26 Å². The Morgan fingerprint density at radius 2 is 1.76 bits per heavy atom. The molecule has 0 unspecified atom stereocenters. The largest absolute Gasteiger partial charge is 0.508 e. The Bertz CT molecular complexity index is 1070. The SMILES string of the molecule is N#C/C(=C\c1ccc(OCc2ccccc2Br)cc1)C(=O)Nc1ccc(O)cc1. The summed E-state index contributed by atoms with van der Waals surface area (Å²) in [6, 6.07) is 22.9. The third kappa shape index (κ3) is 5.71. The highest BCUT2D eigenvalue weighted by Crippen LogP contribution is 2.20. The van der Waals surface area contributed by atoms with Gasteiger partial charge in [0.1, 0.15) is 29.7 Å². The molecule has 5 nitrogen and oxygen atoms in total. The summed E-state index contributed by atoms with van der Waals surface area (Å²) in [5.74, 6) is 0.262. The van der Waals surface area contributed by atoms with E-state index in [0.717, 1.165) is 10.0 Å². The molecule has 0 radical (unpaired) electrons. The number of ether oxygens (including phenoxy) is 1. The summed E-state index contributed by atoms with van der Waals surface area (Å²) in [5, 5.41) is 21.2. The van der Waals surface area contributed by atoms with Crippen LogP contribution in [0.2, 0.25) is 0 Å². The van der Waals surface area contributed by atoms with Gasteiger partial charge >= 0.3 is 0 Å². The van der Waals surface area contributed by atoms with Crippen LogP contribution < -0.4 is 10.1 Å². The van der Waals surface area contributed by atoms with Crippen LogP contribution in [0.15, 0.2) is 82.8 Å². The van der Waals surface area contributed by atoms with Gasteiger partial charge in [0.05, 0.1) is 0 Å². The number of aromatic hydroxyl groups is 1. The summed E-state index contributed by atoms with van der Waals surface area (Å²) >= 11 is 3.49. The molecule has 3 aromatic rings. The Balaban J connectivity index is 1.65. The molecule has 29 heavy (non-hydrogen) atoms. The number of amides is 1. The number of benzene rings is 3. The van der Waals surface area contributed by atoms with E-state index < -0.39 is 5.91 Å². The van der Waals surface area contributed by atoms with Crippen molar-refractivity contribution < 1.29 is 14.6 Å². The molecule has 1 amide bonds. The van der Waals surface area contributed by atoms with Gasteiger partial charge in [-0.25, -0.2) is 0 Å². The summed E-state index contributed by atoms with van der Waals surface area (Å²) in [6.45, 7) is 0.426. The molecule has 0 atom stereocenters. The first kappa shape index (κ1) is 20.2. The number of carbonyl (C=O) groups excluding carboxylic acids is 1. The van der Waals surface area contributed by atoms with Crippen molar-refractivity contribution in [3.63, 3.8) is 0 Å². The number of nitrogens with zero attached hydrogens (tertiary/aromatic N) is 1. The third-order valence-corrected chi connectivity index (χ3v) is 4.81. The Morgan fingerprint density at radius 3 is 2.41 bits per heavy atom. The lowest BCUT2D eigenvalue weighted by Crippen LogP contribution is -2.13. The van der Waals surface area contributed by atoms with Gasteiger partial charge in [0.25, 0.3) is 5.91 Å². The second kappa shape index (κ2) is 9.58. The first-order chi connectivity index (χ1) is 14.0. The number of carbonyl (C=O) groups is 1. The molecule has 0 fully saturated rings. The Kier molecular flexibility index (Phi) is 6.67. The summed E-state index contributed by atoms with van der Waals surface area (Å²) in [4.78, 5) is 12.3. The number of phenolic OH excluding ortho intramolecular Hbond substituents is 1. The predicted octanol–water partition coefficient (Wildman–Crippen LogP) is 5.28. The number of rotatable bonds is 6. The van der Waals surface area contributed by atoms with Crippen molar-refractivity contribution in [2.75, 3.05) is 5.32 Å². The first-order valence-corrected chi connectivity index (χ1v) is 9.53. The van der Waals surface area contributed by atoms with E-state index in [2.05, 4.69) is 21.2 Å². The lowest BCUT2D eigenvalue weighted by Gasteiger charge is -2.08. The first-order valence-electron chi connectivity index (χ1n) is 8.73. The minimum absolute atomic E-state index is 0.0278. The number of phenols is 1. The maximum Gasteiger partial charge on any atom is 0.266 e. The fourth-order valence-electron chi connectivity index (χ4n) is 2.50. The zero-order chi connectivity index (χ0) is 20.6. The van der Waals surface area contributed by atoms with Crippen molar-refractivity contribution in [2.24, 2.45) is 0 Å². The zero-order valence-electron chi connectivity index (χ0n) is 15.3. The molecule has 6 heteroatoms. The zero-order valence-corrected chi connectivity index (χ0v) is 16.9. The molecule has 0 aliphatic carbocycles. The van der Waals surface area contributed by atoms with Crippen molar-refractivity contribution in [3.8, 4) is 17.6 Å². The molecule has 0 aliphatic heterocycles. The van der Waals surface area contributed by atoms with Crippen LogP contribution in [-0.2, 0) is 11.4 Å². The van der Waals surface area contributed by atoms with Gasteiger partial charge in [0.2, 0.25) is 0 Å². The number of hydrogen-bond donors (Lipinski definition) is 2. The van der Waals surface area contributed by atoms with Crippen molar-refractivity contribution in [3.05, 3.63) is 94.0 Å². The van der Waals surface area contributed by atoms with Crippen LogP contribution in [0.4, 0.5) is 5.69 Å². The lowest BCUT2D eigenvalue weighted by atomic mass is 10.1. The monoisotopic (exact) mass is 448 g/mol. The maximum atomic E-state index is 12.3. The van der Waals surface area contributed by atoms with Crippen molar-refractivity contribution in [2.45, 2.75) is 6.61 Å². The molecule has 0 saturated carbocycles. The van der Waals surface area contributed by atoms with E-state index in [1.54, 1.807) is 36.4 Å². The van der Waals surface area contributed by atoms with Crippen LogP contribution in [0.3, 0.4) is 0 Å². The molecule has 0 spiro atoms. The minimum Gasteiger partial charge on any atom is -0.508 e. The van der Waals surface area contributed by atoms with Crippen molar-refractivity contribution in [1.82, 2.24) is 0 Å². The van der Waals surface area contributed by atoms with E-state index in [9.17, 15) is 15.2 Å². The number of hydrogen-bond acceptors (Lipinski definition) is 4. The van der Waals surface area contributed by atoms with Gasteiger partial charge in [0.15, 0.2) is 0 Å². The summed E-state index contributed by atoms with van der Waals surface area (Å²) < 4.78 is 6.76. The number of nitriles is 1. The number of halogens is 1. The highest BCUT2D eigenvalue weighted by Gasteiger charge is 2.10. The highest BCUT2D eigenvalue weighted by molar-refractivity contribution is 9.10. The van der Waals surface area contributed by atoms with E-state index in [0.29, 0.717) is 23.6 Å². The van der Waals surface area contributed by atoms with Gasteiger partial charge in [-0.1, -0.05) is 46.3 Å². The van der Waals surface area contributed by atoms with Crippen LogP contribution in [0.25, 0.3) is 6.08 Å². The van der Waals surface area contributed by atoms with Crippen LogP contribution in [0.5, 0.6) is 11.5 Å². The van der Waals surface area contributed by atoms with E-state index >= 15 is 0 Å². The summed E-state index contributed by atoms with van der Waals surface area (Å²) in [5.41, 5.74) is 2.20. The second-order valence-corrected chi connectivity index (χ2v) is 6.97. The van der Waals surface area contributed by atoms with Gasteiger partial charge in [-0.3, -0.25) is 4.79 Å². The molecule has 0 bridgehead atoms. The van der Waals surface area contributed by atoms with E-state index in [1.165, 1.54) is 18.2 Å². The van der Waals surface area contributed by atoms with Crippen LogP contribution >= 0.6 is 15.9 Å². The average molecular weight is 449 g/mol. The maximum absolute atomic E-state index is 12.3. The predicted molar refractivity (Wildman–Crippen MR) is 115 cm³/mol. The second-order valence-electron chi connectivity index (χ2n) is 6.12. The quantitative estimate of drug-likeness (QED) is 0.305. The summed E-state index contributed by atoms with van der Waals surface area (Å²) in [6.07, 6.45) is 1.51. The molecule has 144 valence electrons. The van der Waals surface area contributed by atoms with E-state index in [1.807, 2.05) is 30.3 Å². The van der Waals surface area contributed by atoms with Gasteiger partial charge in [0, 0.05) is 15.7 Å². The highest BCUT2D eigenvalue weighted by atomic mass is 79.9. The molecule has 0 heterocycles. The average Bonchev–Trinajstić information content (AvgIpc) is 2.74. The molecule has 3 aromatic carbocycles. The normalized spacial score (nSPS) is 10.8. The molecular weight excluding hydrogens is 432 g/mol. The van der Waals surface area contributed by atoms with E-state index in [-0.39, 0.29) is 11.3 Å². The lowest BCUT2D eigenvalue weighted by molar-refractivity contribution is -0.112. The minimum atomic E-state index is -0.521. The Labute approximate surface area is 177 Å².